The predicted octanol–water partition coefficient (Wildman–Crippen LogP) is 3.82. The summed E-state index contributed by atoms with van der Waals surface area (Å²) in [5, 5.41) is 13.6. The summed E-state index contributed by atoms with van der Waals surface area (Å²) in [7, 11) is -2.18. The van der Waals surface area contributed by atoms with Crippen molar-refractivity contribution in [1.29, 1.82) is 0 Å². The topological polar surface area (TPSA) is 119 Å². The summed E-state index contributed by atoms with van der Waals surface area (Å²) in [4.78, 5) is 23.1. The monoisotopic (exact) mass is 455 g/mol. The Labute approximate surface area is 185 Å². The van der Waals surface area contributed by atoms with E-state index in [1.807, 2.05) is 30.3 Å². The highest BCUT2D eigenvalue weighted by atomic mass is 32.2. The number of nitrogens with one attached hydrogen (secondary N) is 1. The maximum Gasteiger partial charge on any atom is 0.271 e. The van der Waals surface area contributed by atoms with E-state index in [-0.39, 0.29) is 29.2 Å². The van der Waals surface area contributed by atoms with Gasteiger partial charge in [-0.3, -0.25) is 19.2 Å². The lowest BCUT2D eigenvalue weighted by Gasteiger charge is -2.22. The number of methoxy groups -OCH3 is 1. The number of hydrogen-bond acceptors (Lipinski definition) is 6. The van der Waals surface area contributed by atoms with Gasteiger partial charge in [-0.15, -0.1) is 0 Å². The smallest absolute Gasteiger partial charge is 0.271 e. The molecule has 10 heteroatoms. The van der Waals surface area contributed by atoms with E-state index >= 15 is 0 Å². The van der Waals surface area contributed by atoms with E-state index in [0.29, 0.717) is 5.69 Å². The first kappa shape index (κ1) is 22.8. The molecule has 0 radical (unpaired) electrons. The number of sulfonamides is 1. The first-order chi connectivity index (χ1) is 15.2. The molecule has 32 heavy (non-hydrogen) atoms. The van der Waals surface area contributed by atoms with Gasteiger partial charge in [-0.05, 0) is 35.9 Å². The fourth-order valence-corrected chi connectivity index (χ4v) is 3.92. The van der Waals surface area contributed by atoms with Gasteiger partial charge in [0.05, 0.1) is 36.2 Å². The van der Waals surface area contributed by atoms with E-state index in [9.17, 15) is 23.3 Å². The fourth-order valence-electron chi connectivity index (χ4n) is 3.03. The highest BCUT2D eigenvalue weighted by molar-refractivity contribution is 7.92. The van der Waals surface area contributed by atoms with Crippen molar-refractivity contribution in [2.45, 2.75) is 6.54 Å². The zero-order valence-electron chi connectivity index (χ0n) is 17.4. The third-order valence-corrected chi connectivity index (χ3v) is 5.77. The van der Waals surface area contributed by atoms with Crippen LogP contribution in [0.1, 0.15) is 15.9 Å². The maximum atomic E-state index is 12.7. The molecule has 0 aliphatic carbocycles. The first-order valence-electron chi connectivity index (χ1n) is 9.44. The number of nitro benzene ring substituents is 1. The number of nitro groups is 1. The molecule has 0 fully saturated rings. The molecule has 1 N–H and O–H groups in total. The minimum atomic E-state index is -3.57. The van der Waals surface area contributed by atoms with Crippen molar-refractivity contribution in [3.05, 3.63) is 94.0 Å². The number of hydrogen-bond donors (Lipinski definition) is 1. The summed E-state index contributed by atoms with van der Waals surface area (Å²) in [6.07, 6.45) is 1.12. The Bertz CT molecular complexity index is 1230. The van der Waals surface area contributed by atoms with E-state index in [2.05, 4.69) is 5.32 Å². The number of rotatable bonds is 8. The molecule has 0 saturated carbocycles. The average Bonchev–Trinajstić information content (AvgIpc) is 2.77. The Morgan fingerprint density at radius 3 is 2.28 bits per heavy atom. The molecule has 0 bridgehead atoms. The molecular weight excluding hydrogens is 434 g/mol. The number of carbonyl (C=O) groups excluding carboxylic acids is 1. The molecule has 0 atom stereocenters. The van der Waals surface area contributed by atoms with Gasteiger partial charge >= 0.3 is 0 Å². The summed E-state index contributed by atoms with van der Waals surface area (Å²) in [6, 6.07) is 19.0. The van der Waals surface area contributed by atoms with Crippen molar-refractivity contribution in [2.24, 2.45) is 0 Å². The summed E-state index contributed by atoms with van der Waals surface area (Å²) >= 11 is 0. The Kier molecular flexibility index (Phi) is 6.74. The van der Waals surface area contributed by atoms with Gasteiger partial charge in [-0.25, -0.2) is 8.42 Å². The van der Waals surface area contributed by atoms with Gasteiger partial charge in [0.2, 0.25) is 10.0 Å². The number of carbonyl (C=O) groups is 1. The van der Waals surface area contributed by atoms with Crippen molar-refractivity contribution in [3.63, 3.8) is 0 Å². The molecular formula is C22H21N3O6S. The van der Waals surface area contributed by atoms with Crippen LogP contribution < -0.4 is 14.4 Å². The van der Waals surface area contributed by atoms with Crippen LogP contribution in [0, 0.1) is 10.1 Å². The molecule has 0 aromatic heterocycles. The highest BCUT2D eigenvalue weighted by Gasteiger charge is 2.19. The minimum absolute atomic E-state index is 0.149. The summed E-state index contributed by atoms with van der Waals surface area (Å²) in [6.45, 7) is 0.149. The molecule has 0 unspecified atom stereocenters. The maximum absolute atomic E-state index is 12.7. The van der Waals surface area contributed by atoms with Crippen molar-refractivity contribution in [1.82, 2.24) is 0 Å². The van der Waals surface area contributed by atoms with Crippen LogP contribution in [0.2, 0.25) is 0 Å². The normalized spacial score (nSPS) is 10.9. The van der Waals surface area contributed by atoms with E-state index < -0.39 is 20.9 Å². The lowest BCUT2D eigenvalue weighted by Crippen LogP contribution is -2.29. The minimum Gasteiger partial charge on any atom is -0.495 e. The van der Waals surface area contributed by atoms with Crippen molar-refractivity contribution in [3.8, 4) is 5.75 Å². The Hall–Kier alpha value is -3.92. The van der Waals surface area contributed by atoms with E-state index in [0.717, 1.165) is 11.8 Å². The largest absolute Gasteiger partial charge is 0.495 e. The lowest BCUT2D eigenvalue weighted by atomic mass is 10.1. The summed E-state index contributed by atoms with van der Waals surface area (Å²) < 4.78 is 31.1. The first-order valence-corrected chi connectivity index (χ1v) is 11.3. The van der Waals surface area contributed by atoms with Crippen molar-refractivity contribution < 1.29 is 22.9 Å². The van der Waals surface area contributed by atoms with Gasteiger partial charge in [0.1, 0.15) is 5.75 Å². The molecule has 3 rings (SSSR count). The summed E-state index contributed by atoms with van der Waals surface area (Å²) in [5.41, 5.74) is 1.42. The van der Waals surface area contributed by atoms with Gasteiger partial charge in [-0.2, -0.15) is 0 Å². The van der Waals surface area contributed by atoms with Gasteiger partial charge in [0.15, 0.2) is 0 Å². The summed E-state index contributed by atoms with van der Waals surface area (Å²) in [5.74, 6) is -0.254. The Balaban J connectivity index is 1.83. The standard InChI is InChI=1S/C22H21N3O6S/c1-31-21-13-12-19(25(27)28)14-20(21)23-22(26)17-8-10-18(11-9-17)24(32(2,29)30)15-16-6-4-3-5-7-16/h3-14H,15H2,1-2H3,(H,23,26). The molecule has 0 aliphatic rings. The fraction of sp³-hybridized carbons (Fsp3) is 0.136. The molecule has 3 aromatic carbocycles. The second-order valence-corrected chi connectivity index (χ2v) is 8.80. The van der Waals surface area contributed by atoms with Crippen molar-refractivity contribution >= 4 is 33.0 Å². The van der Waals surface area contributed by atoms with E-state index in [1.165, 1.54) is 53.9 Å². The lowest BCUT2D eigenvalue weighted by molar-refractivity contribution is -0.384. The molecule has 0 saturated heterocycles. The molecule has 166 valence electrons. The van der Waals surface area contributed by atoms with Gasteiger partial charge in [0, 0.05) is 17.7 Å². The van der Waals surface area contributed by atoms with Crippen LogP contribution in [-0.2, 0) is 16.6 Å². The number of benzene rings is 3. The van der Waals surface area contributed by atoms with Gasteiger partial charge < -0.3 is 10.1 Å². The van der Waals surface area contributed by atoms with Crippen LogP contribution >= 0.6 is 0 Å². The quantitative estimate of drug-likeness (QED) is 0.407. The van der Waals surface area contributed by atoms with Gasteiger partial charge in [0.25, 0.3) is 11.6 Å². The predicted molar refractivity (Wildman–Crippen MR) is 122 cm³/mol. The second-order valence-electron chi connectivity index (χ2n) is 6.90. The highest BCUT2D eigenvalue weighted by Crippen LogP contribution is 2.29. The Morgan fingerprint density at radius 2 is 1.72 bits per heavy atom. The van der Waals surface area contributed by atoms with Crippen LogP contribution in [0.5, 0.6) is 5.75 Å². The molecule has 9 nitrogen and oxygen atoms in total. The number of amides is 1. The van der Waals surface area contributed by atoms with Crippen LogP contribution in [-0.4, -0.2) is 32.6 Å². The number of anilines is 2. The number of non-ortho nitro benzene ring substituents is 1. The SMILES string of the molecule is COc1ccc([N+](=O)[O-])cc1NC(=O)c1ccc(N(Cc2ccccc2)S(C)(=O)=O)cc1. The average molecular weight is 455 g/mol. The number of ether oxygens (including phenoxy) is 1. The molecule has 1 amide bonds. The Morgan fingerprint density at radius 1 is 1.06 bits per heavy atom. The third kappa shape index (κ3) is 5.41. The van der Waals surface area contributed by atoms with Crippen LogP contribution in [0.4, 0.5) is 17.1 Å². The molecule has 0 heterocycles. The molecule has 0 aliphatic heterocycles. The van der Waals surface area contributed by atoms with Crippen LogP contribution in [0.15, 0.2) is 72.8 Å². The van der Waals surface area contributed by atoms with Crippen molar-refractivity contribution in [2.75, 3.05) is 23.0 Å². The second kappa shape index (κ2) is 9.48. The third-order valence-electron chi connectivity index (χ3n) is 4.63. The zero-order valence-corrected chi connectivity index (χ0v) is 18.2. The van der Waals surface area contributed by atoms with Gasteiger partial charge in [-0.1, -0.05) is 30.3 Å². The zero-order chi connectivity index (χ0) is 23.3. The molecule has 0 spiro atoms. The molecule has 3 aromatic rings. The van der Waals surface area contributed by atoms with E-state index in [4.69, 9.17) is 4.74 Å². The van der Waals surface area contributed by atoms with Crippen LogP contribution in [0.25, 0.3) is 0 Å². The van der Waals surface area contributed by atoms with E-state index in [1.54, 1.807) is 0 Å². The number of nitrogens with zero attached hydrogens (tertiary/aromatic N) is 2. The van der Waals surface area contributed by atoms with Crippen LogP contribution in [0.3, 0.4) is 0 Å².